The first-order chi connectivity index (χ1) is 11.0. The van der Waals surface area contributed by atoms with Crippen LogP contribution in [0.2, 0.25) is 0 Å². The minimum absolute atomic E-state index is 0.0169. The normalized spacial score (nSPS) is 13.4. The van der Waals surface area contributed by atoms with Crippen LogP contribution in [-0.2, 0) is 4.79 Å². The number of nitrogens with zero attached hydrogens (tertiary/aromatic N) is 3. The Kier molecular flexibility index (Phi) is 3.91. The maximum Gasteiger partial charge on any atom is 0.261 e. The number of fused-ring (bicyclic) bond motifs is 1. The van der Waals surface area contributed by atoms with E-state index in [9.17, 15) is 14.4 Å². The molecule has 1 N–H and O–H groups in total. The SMILES string of the molecule is Cc1ccc2c(c1)C(=O)N(CCC(=O)Nc1nnc(C)s1)C2=O. The third-order valence-electron chi connectivity index (χ3n) is 3.46. The van der Waals surface area contributed by atoms with E-state index in [4.69, 9.17) is 0 Å². The second-order valence-corrected chi connectivity index (χ2v) is 6.42. The smallest absolute Gasteiger partial charge is 0.261 e. The number of carbonyl (C=O) groups excluding carboxylic acids is 3. The van der Waals surface area contributed by atoms with Gasteiger partial charge in [-0.05, 0) is 26.0 Å². The standard InChI is InChI=1S/C15H14N4O3S/c1-8-3-4-10-11(7-8)14(22)19(13(10)21)6-5-12(20)16-15-18-17-9(2)23-15/h3-4,7H,5-6H2,1-2H3,(H,16,18,20). The fraction of sp³-hybridized carbons (Fsp3) is 0.267. The third kappa shape index (κ3) is 2.98. The van der Waals surface area contributed by atoms with Crippen molar-refractivity contribution in [3.05, 3.63) is 39.9 Å². The average Bonchev–Trinajstić information content (AvgIpc) is 3.00. The molecule has 0 fully saturated rings. The minimum Gasteiger partial charge on any atom is -0.300 e. The van der Waals surface area contributed by atoms with Crippen molar-refractivity contribution >= 4 is 34.2 Å². The summed E-state index contributed by atoms with van der Waals surface area (Å²) in [6.07, 6.45) is 0.0169. The Balaban J connectivity index is 1.64. The maximum absolute atomic E-state index is 12.3. The van der Waals surface area contributed by atoms with Crippen LogP contribution in [0.1, 0.15) is 37.7 Å². The fourth-order valence-corrected chi connectivity index (χ4v) is 2.96. The van der Waals surface area contributed by atoms with Gasteiger partial charge in [-0.3, -0.25) is 19.3 Å². The molecule has 0 saturated carbocycles. The third-order valence-corrected chi connectivity index (χ3v) is 4.22. The van der Waals surface area contributed by atoms with Crippen molar-refractivity contribution in [2.24, 2.45) is 0 Å². The van der Waals surface area contributed by atoms with E-state index in [1.165, 1.54) is 11.3 Å². The molecule has 0 atom stereocenters. The maximum atomic E-state index is 12.3. The molecule has 118 valence electrons. The number of hydrogen-bond donors (Lipinski definition) is 1. The van der Waals surface area contributed by atoms with E-state index in [1.807, 2.05) is 6.92 Å². The predicted molar refractivity (Wildman–Crippen MR) is 84.4 cm³/mol. The van der Waals surface area contributed by atoms with Gasteiger partial charge in [0.15, 0.2) is 0 Å². The van der Waals surface area contributed by atoms with Gasteiger partial charge in [0, 0.05) is 13.0 Å². The van der Waals surface area contributed by atoms with Crippen molar-refractivity contribution in [3.8, 4) is 0 Å². The molecule has 1 aliphatic rings. The highest BCUT2D eigenvalue weighted by molar-refractivity contribution is 7.15. The summed E-state index contributed by atoms with van der Waals surface area (Å²) in [5.41, 5.74) is 1.70. The molecule has 0 saturated heterocycles. The number of imide groups is 1. The van der Waals surface area contributed by atoms with Gasteiger partial charge in [0.1, 0.15) is 5.01 Å². The fourth-order valence-electron chi connectivity index (χ4n) is 2.35. The lowest BCUT2D eigenvalue weighted by molar-refractivity contribution is -0.116. The zero-order valence-electron chi connectivity index (χ0n) is 12.6. The van der Waals surface area contributed by atoms with Crippen molar-refractivity contribution in [1.29, 1.82) is 0 Å². The molecule has 2 aromatic rings. The van der Waals surface area contributed by atoms with Crippen LogP contribution in [0.25, 0.3) is 0 Å². The summed E-state index contributed by atoms with van der Waals surface area (Å²) < 4.78 is 0. The predicted octanol–water partition coefficient (Wildman–Crippen LogP) is 1.78. The molecule has 7 nitrogen and oxygen atoms in total. The van der Waals surface area contributed by atoms with Gasteiger partial charge in [-0.1, -0.05) is 23.0 Å². The summed E-state index contributed by atoms with van der Waals surface area (Å²) in [5, 5.41) is 11.4. The van der Waals surface area contributed by atoms with E-state index < -0.39 is 0 Å². The Morgan fingerprint density at radius 2 is 1.91 bits per heavy atom. The Bertz CT molecular complexity index is 815. The molecule has 2 heterocycles. The van der Waals surface area contributed by atoms with Gasteiger partial charge >= 0.3 is 0 Å². The second kappa shape index (κ2) is 5.88. The molecular formula is C15H14N4O3S. The lowest BCUT2D eigenvalue weighted by Gasteiger charge is -2.12. The van der Waals surface area contributed by atoms with Gasteiger partial charge in [-0.25, -0.2) is 0 Å². The zero-order valence-corrected chi connectivity index (χ0v) is 13.4. The number of hydrogen-bond acceptors (Lipinski definition) is 6. The van der Waals surface area contributed by atoms with E-state index in [-0.39, 0.29) is 30.7 Å². The molecule has 0 bridgehead atoms. The summed E-state index contributed by atoms with van der Waals surface area (Å²) in [7, 11) is 0. The molecule has 0 aliphatic carbocycles. The van der Waals surface area contributed by atoms with Gasteiger partial charge in [0.2, 0.25) is 11.0 Å². The molecule has 0 spiro atoms. The van der Waals surface area contributed by atoms with Crippen molar-refractivity contribution < 1.29 is 14.4 Å². The van der Waals surface area contributed by atoms with Gasteiger partial charge in [-0.2, -0.15) is 0 Å². The number of benzene rings is 1. The summed E-state index contributed by atoms with van der Waals surface area (Å²) in [6.45, 7) is 3.68. The molecule has 3 rings (SSSR count). The minimum atomic E-state index is -0.357. The second-order valence-electron chi connectivity index (χ2n) is 5.24. The van der Waals surface area contributed by atoms with Crippen LogP contribution >= 0.6 is 11.3 Å². The van der Waals surface area contributed by atoms with E-state index in [0.29, 0.717) is 16.3 Å². The van der Waals surface area contributed by atoms with Crippen LogP contribution in [0.5, 0.6) is 0 Å². The Hall–Kier alpha value is -2.61. The largest absolute Gasteiger partial charge is 0.300 e. The molecule has 3 amide bonds. The van der Waals surface area contributed by atoms with Crippen LogP contribution in [0.4, 0.5) is 5.13 Å². The van der Waals surface area contributed by atoms with E-state index in [2.05, 4.69) is 15.5 Å². The van der Waals surface area contributed by atoms with Gasteiger partial charge in [0.05, 0.1) is 11.1 Å². The first-order valence-corrected chi connectivity index (χ1v) is 7.84. The molecular weight excluding hydrogens is 316 g/mol. The summed E-state index contributed by atoms with van der Waals surface area (Å²) in [6, 6.07) is 5.13. The van der Waals surface area contributed by atoms with Crippen molar-refractivity contribution in [2.75, 3.05) is 11.9 Å². The van der Waals surface area contributed by atoms with Crippen molar-refractivity contribution in [2.45, 2.75) is 20.3 Å². The van der Waals surface area contributed by atoms with Crippen LogP contribution in [0.15, 0.2) is 18.2 Å². The highest BCUT2D eigenvalue weighted by Gasteiger charge is 2.35. The summed E-state index contributed by atoms with van der Waals surface area (Å²) in [4.78, 5) is 37.5. The number of carbonyl (C=O) groups is 3. The number of rotatable bonds is 4. The highest BCUT2D eigenvalue weighted by atomic mass is 32.1. The number of aromatic nitrogens is 2. The van der Waals surface area contributed by atoms with Crippen LogP contribution in [-0.4, -0.2) is 39.4 Å². The summed E-state index contributed by atoms with van der Waals surface area (Å²) >= 11 is 1.27. The Labute approximate surface area is 136 Å². The number of anilines is 1. The first kappa shape index (κ1) is 15.3. The van der Waals surface area contributed by atoms with Crippen molar-refractivity contribution in [1.82, 2.24) is 15.1 Å². The van der Waals surface area contributed by atoms with Gasteiger partial charge in [0.25, 0.3) is 11.8 Å². The lowest BCUT2D eigenvalue weighted by Crippen LogP contribution is -2.32. The Morgan fingerprint density at radius 1 is 1.17 bits per heavy atom. The zero-order chi connectivity index (χ0) is 16.6. The highest BCUT2D eigenvalue weighted by Crippen LogP contribution is 2.24. The van der Waals surface area contributed by atoms with E-state index in [0.717, 1.165) is 15.5 Å². The van der Waals surface area contributed by atoms with E-state index in [1.54, 1.807) is 25.1 Å². The van der Waals surface area contributed by atoms with Crippen LogP contribution < -0.4 is 5.32 Å². The first-order valence-electron chi connectivity index (χ1n) is 7.02. The molecule has 1 aliphatic heterocycles. The van der Waals surface area contributed by atoms with Crippen LogP contribution in [0.3, 0.4) is 0 Å². The van der Waals surface area contributed by atoms with E-state index >= 15 is 0 Å². The molecule has 1 aromatic heterocycles. The quantitative estimate of drug-likeness (QED) is 0.863. The number of amides is 3. The van der Waals surface area contributed by atoms with Gasteiger partial charge < -0.3 is 5.32 Å². The number of nitrogens with one attached hydrogen (secondary N) is 1. The lowest BCUT2D eigenvalue weighted by atomic mass is 10.1. The van der Waals surface area contributed by atoms with Crippen LogP contribution in [0, 0.1) is 13.8 Å². The Morgan fingerprint density at radius 3 is 2.61 bits per heavy atom. The summed E-state index contributed by atoms with van der Waals surface area (Å²) in [5.74, 6) is -1.02. The average molecular weight is 330 g/mol. The number of aryl methyl sites for hydroxylation is 2. The molecule has 8 heteroatoms. The van der Waals surface area contributed by atoms with Crippen molar-refractivity contribution in [3.63, 3.8) is 0 Å². The molecule has 23 heavy (non-hydrogen) atoms. The molecule has 0 unspecified atom stereocenters. The molecule has 1 aromatic carbocycles. The van der Waals surface area contributed by atoms with Gasteiger partial charge in [-0.15, -0.1) is 10.2 Å². The molecule has 0 radical (unpaired) electrons. The monoisotopic (exact) mass is 330 g/mol. The topological polar surface area (TPSA) is 92.3 Å².